The largest absolute Gasteiger partial charge is 0.465 e. The van der Waals surface area contributed by atoms with Crippen molar-refractivity contribution in [3.05, 3.63) is 30.2 Å². The second-order valence-electron chi connectivity index (χ2n) is 3.93. The molecule has 5 heteroatoms. The van der Waals surface area contributed by atoms with E-state index in [0.29, 0.717) is 12.3 Å². The molecule has 1 heterocycles. The minimum Gasteiger partial charge on any atom is -0.465 e. The zero-order chi connectivity index (χ0) is 13.4. The van der Waals surface area contributed by atoms with Crippen molar-refractivity contribution in [2.24, 2.45) is 5.73 Å². The molecule has 2 amide bonds. The summed E-state index contributed by atoms with van der Waals surface area (Å²) in [6, 6.07) is 3.48. The summed E-state index contributed by atoms with van der Waals surface area (Å²) in [4.78, 5) is 24.2. The first kappa shape index (κ1) is 14.0. The Hall–Kier alpha value is -2.04. The Bertz CT molecular complexity index is 410. The second-order valence-corrected chi connectivity index (χ2v) is 3.93. The minimum absolute atomic E-state index is 0.0542. The molecule has 1 rings (SSSR count). The molecule has 0 unspecified atom stereocenters. The molecule has 0 saturated heterocycles. The molecule has 0 fully saturated rings. The summed E-state index contributed by atoms with van der Waals surface area (Å²) >= 11 is 0. The molecule has 2 N–H and O–H groups in total. The predicted molar refractivity (Wildman–Crippen MR) is 68.4 cm³/mol. The highest BCUT2D eigenvalue weighted by Gasteiger charge is 2.12. The van der Waals surface area contributed by atoms with Crippen molar-refractivity contribution < 1.29 is 14.0 Å². The molecule has 0 bridgehead atoms. The SMILES string of the molecule is CCCCN(CC(N)=O)C(=O)C=Cc1ccco1. The zero-order valence-corrected chi connectivity index (χ0v) is 10.5. The number of unbranched alkanes of at least 4 members (excludes halogenated alkanes) is 1. The van der Waals surface area contributed by atoms with E-state index in [2.05, 4.69) is 0 Å². The smallest absolute Gasteiger partial charge is 0.247 e. The Morgan fingerprint density at radius 1 is 1.50 bits per heavy atom. The third-order valence-electron chi connectivity index (χ3n) is 2.37. The first-order valence-corrected chi connectivity index (χ1v) is 5.92. The molecule has 0 atom stereocenters. The normalized spacial score (nSPS) is 10.7. The van der Waals surface area contributed by atoms with E-state index in [0.717, 1.165) is 12.8 Å². The molecule has 0 aromatic carbocycles. The Kier molecular flexibility index (Phi) is 5.70. The number of hydrogen-bond acceptors (Lipinski definition) is 3. The summed E-state index contributed by atoms with van der Waals surface area (Å²) in [5.74, 6) is -0.151. The standard InChI is InChI=1S/C13H18N2O3/c1-2-3-8-15(10-12(14)16)13(17)7-6-11-5-4-9-18-11/h4-7,9H,2-3,8,10H2,1H3,(H2,14,16). The van der Waals surface area contributed by atoms with Crippen molar-refractivity contribution in [1.82, 2.24) is 4.90 Å². The van der Waals surface area contributed by atoms with Gasteiger partial charge in [-0.3, -0.25) is 9.59 Å². The summed E-state index contributed by atoms with van der Waals surface area (Å²) < 4.78 is 5.08. The van der Waals surface area contributed by atoms with Crippen LogP contribution in [0.3, 0.4) is 0 Å². The Labute approximate surface area is 106 Å². The first-order valence-electron chi connectivity index (χ1n) is 5.92. The highest BCUT2D eigenvalue weighted by molar-refractivity contribution is 5.93. The maximum Gasteiger partial charge on any atom is 0.247 e. The lowest BCUT2D eigenvalue weighted by atomic mass is 10.3. The van der Waals surface area contributed by atoms with Crippen LogP contribution in [0.2, 0.25) is 0 Å². The van der Waals surface area contributed by atoms with Gasteiger partial charge in [-0.1, -0.05) is 13.3 Å². The molecule has 0 spiro atoms. The molecule has 5 nitrogen and oxygen atoms in total. The van der Waals surface area contributed by atoms with Crippen molar-refractivity contribution in [2.45, 2.75) is 19.8 Å². The van der Waals surface area contributed by atoms with E-state index >= 15 is 0 Å². The van der Waals surface area contributed by atoms with Gasteiger partial charge in [0.05, 0.1) is 12.8 Å². The van der Waals surface area contributed by atoms with Crippen LogP contribution in [0.4, 0.5) is 0 Å². The van der Waals surface area contributed by atoms with Crippen molar-refractivity contribution in [3.8, 4) is 0 Å². The van der Waals surface area contributed by atoms with Gasteiger partial charge in [0, 0.05) is 12.6 Å². The van der Waals surface area contributed by atoms with Gasteiger partial charge in [0.15, 0.2) is 0 Å². The molecule has 1 aromatic heterocycles. The van der Waals surface area contributed by atoms with Crippen molar-refractivity contribution in [2.75, 3.05) is 13.1 Å². The van der Waals surface area contributed by atoms with Crippen LogP contribution in [0.1, 0.15) is 25.5 Å². The predicted octanol–water partition coefficient (Wildman–Crippen LogP) is 1.41. The first-order chi connectivity index (χ1) is 8.63. The number of nitrogens with zero attached hydrogens (tertiary/aromatic N) is 1. The molecule has 0 radical (unpaired) electrons. The lowest BCUT2D eigenvalue weighted by molar-refractivity contribution is -0.131. The number of carbonyl (C=O) groups is 2. The van der Waals surface area contributed by atoms with Crippen molar-refractivity contribution in [3.63, 3.8) is 0 Å². The van der Waals surface area contributed by atoms with Crippen LogP contribution in [0.25, 0.3) is 6.08 Å². The minimum atomic E-state index is -0.508. The highest BCUT2D eigenvalue weighted by atomic mass is 16.3. The molecular formula is C13H18N2O3. The Balaban J connectivity index is 2.60. The van der Waals surface area contributed by atoms with Crippen LogP contribution < -0.4 is 5.73 Å². The quantitative estimate of drug-likeness (QED) is 0.743. The lowest BCUT2D eigenvalue weighted by Gasteiger charge is -2.18. The zero-order valence-electron chi connectivity index (χ0n) is 10.5. The second kappa shape index (κ2) is 7.32. The fourth-order valence-corrected chi connectivity index (χ4v) is 1.45. The molecule has 1 aromatic rings. The topological polar surface area (TPSA) is 76.5 Å². The monoisotopic (exact) mass is 250 g/mol. The van der Waals surface area contributed by atoms with Crippen molar-refractivity contribution >= 4 is 17.9 Å². The summed E-state index contributed by atoms with van der Waals surface area (Å²) in [5, 5.41) is 0. The van der Waals surface area contributed by atoms with Gasteiger partial charge in [-0.2, -0.15) is 0 Å². The lowest BCUT2D eigenvalue weighted by Crippen LogP contribution is -2.38. The summed E-state index contributed by atoms with van der Waals surface area (Å²) in [7, 11) is 0. The van der Waals surface area contributed by atoms with Crippen molar-refractivity contribution in [1.29, 1.82) is 0 Å². The fraction of sp³-hybridized carbons (Fsp3) is 0.385. The number of nitrogens with two attached hydrogens (primary N) is 1. The van der Waals surface area contributed by atoms with Crippen LogP contribution in [0, 0.1) is 0 Å². The van der Waals surface area contributed by atoms with Crippen LogP contribution in [-0.2, 0) is 9.59 Å². The summed E-state index contributed by atoms with van der Waals surface area (Å²) in [6.45, 7) is 2.49. The van der Waals surface area contributed by atoms with E-state index in [9.17, 15) is 9.59 Å². The number of primary amides is 1. The van der Waals surface area contributed by atoms with Gasteiger partial charge in [-0.25, -0.2) is 0 Å². The molecule has 0 aliphatic rings. The van der Waals surface area contributed by atoms with Crippen LogP contribution in [0.5, 0.6) is 0 Å². The molecule has 0 saturated carbocycles. The van der Waals surface area contributed by atoms with Gasteiger partial charge >= 0.3 is 0 Å². The van der Waals surface area contributed by atoms with E-state index in [-0.39, 0.29) is 12.5 Å². The van der Waals surface area contributed by atoms with Crippen LogP contribution in [0.15, 0.2) is 28.9 Å². The molecule has 18 heavy (non-hydrogen) atoms. The maximum absolute atomic E-state index is 11.9. The summed E-state index contributed by atoms with van der Waals surface area (Å²) in [5.41, 5.74) is 5.12. The molecule has 0 aliphatic carbocycles. The molecule has 0 aliphatic heterocycles. The highest BCUT2D eigenvalue weighted by Crippen LogP contribution is 2.04. The van der Waals surface area contributed by atoms with E-state index in [1.165, 1.54) is 17.2 Å². The van der Waals surface area contributed by atoms with Gasteiger partial charge in [0.25, 0.3) is 0 Å². The maximum atomic E-state index is 11.9. The molecule has 98 valence electrons. The Morgan fingerprint density at radius 3 is 2.83 bits per heavy atom. The number of rotatable bonds is 7. The van der Waals surface area contributed by atoms with E-state index < -0.39 is 5.91 Å². The number of carbonyl (C=O) groups excluding carboxylic acids is 2. The van der Waals surface area contributed by atoms with Gasteiger partial charge in [-0.05, 0) is 24.6 Å². The van der Waals surface area contributed by atoms with Crippen LogP contribution >= 0.6 is 0 Å². The summed E-state index contributed by atoms with van der Waals surface area (Å²) in [6.07, 6.45) is 6.28. The number of amides is 2. The Morgan fingerprint density at radius 2 is 2.28 bits per heavy atom. The average Bonchev–Trinajstić information content (AvgIpc) is 2.84. The third kappa shape index (κ3) is 4.86. The molecular weight excluding hydrogens is 232 g/mol. The van der Waals surface area contributed by atoms with E-state index in [1.807, 2.05) is 6.92 Å². The van der Waals surface area contributed by atoms with Gasteiger partial charge in [0.1, 0.15) is 5.76 Å². The third-order valence-corrected chi connectivity index (χ3v) is 2.37. The van der Waals surface area contributed by atoms with Gasteiger partial charge in [-0.15, -0.1) is 0 Å². The average molecular weight is 250 g/mol. The fourth-order valence-electron chi connectivity index (χ4n) is 1.45. The van der Waals surface area contributed by atoms with E-state index in [4.69, 9.17) is 10.2 Å². The number of hydrogen-bond donors (Lipinski definition) is 1. The van der Waals surface area contributed by atoms with Gasteiger partial charge in [0.2, 0.25) is 11.8 Å². The number of furan rings is 1. The van der Waals surface area contributed by atoms with E-state index in [1.54, 1.807) is 18.2 Å². The van der Waals surface area contributed by atoms with Crippen LogP contribution in [-0.4, -0.2) is 29.8 Å². The van der Waals surface area contributed by atoms with Gasteiger partial charge < -0.3 is 15.1 Å².